The van der Waals surface area contributed by atoms with Crippen molar-refractivity contribution in [2.24, 2.45) is 0 Å². The highest BCUT2D eigenvalue weighted by Gasteiger charge is 2.45. The summed E-state index contributed by atoms with van der Waals surface area (Å²) in [6.45, 7) is 2.21. The van der Waals surface area contributed by atoms with Gasteiger partial charge in [-0.05, 0) is 42.3 Å². The predicted octanol–water partition coefficient (Wildman–Crippen LogP) is 3.67. The molecule has 1 saturated heterocycles. The van der Waals surface area contributed by atoms with E-state index in [0.717, 1.165) is 0 Å². The number of Topliss-reactive ketones (excluding diaryl/α,β-unsaturated/α-hetero) is 1. The topological polar surface area (TPSA) is 76.1 Å². The van der Waals surface area contributed by atoms with Gasteiger partial charge < -0.3 is 19.5 Å². The molecule has 6 nitrogen and oxygen atoms in total. The number of carbonyl (C=O) groups excluding carboxylic acids is 2. The maximum absolute atomic E-state index is 13.4. The molecular formula is C22H22FNO5. The van der Waals surface area contributed by atoms with Gasteiger partial charge in [0.1, 0.15) is 11.6 Å². The van der Waals surface area contributed by atoms with Crippen molar-refractivity contribution in [1.29, 1.82) is 0 Å². The molecule has 3 rings (SSSR count). The molecule has 0 saturated carbocycles. The van der Waals surface area contributed by atoms with E-state index in [0.29, 0.717) is 35.6 Å². The molecule has 1 aliphatic rings. The molecule has 0 aliphatic carbocycles. The summed E-state index contributed by atoms with van der Waals surface area (Å²) in [6.07, 6.45) is 0.626. The molecule has 29 heavy (non-hydrogen) atoms. The number of carbonyl (C=O) groups is 2. The summed E-state index contributed by atoms with van der Waals surface area (Å²) in [5.74, 6) is -1.38. The van der Waals surface area contributed by atoms with Crippen molar-refractivity contribution in [1.82, 2.24) is 4.90 Å². The SMILES string of the molecule is CCCN1C(=O)C(=O)/C(=C(\O)c2ccc(OC)c(OC)c2)C1c1ccc(F)cc1. The monoisotopic (exact) mass is 399 g/mol. The van der Waals surface area contributed by atoms with Gasteiger partial charge in [0.05, 0.1) is 25.8 Å². The second kappa shape index (κ2) is 8.34. The van der Waals surface area contributed by atoms with Crippen molar-refractivity contribution >= 4 is 17.4 Å². The average molecular weight is 399 g/mol. The predicted molar refractivity (Wildman–Crippen MR) is 105 cm³/mol. The third kappa shape index (κ3) is 3.68. The van der Waals surface area contributed by atoms with Gasteiger partial charge in [0.25, 0.3) is 11.7 Å². The van der Waals surface area contributed by atoms with Gasteiger partial charge >= 0.3 is 0 Å². The molecule has 152 valence electrons. The summed E-state index contributed by atoms with van der Waals surface area (Å²) in [6, 6.07) is 9.45. The number of amides is 1. The van der Waals surface area contributed by atoms with E-state index in [9.17, 15) is 19.1 Å². The fraction of sp³-hybridized carbons (Fsp3) is 0.273. The Kier molecular flexibility index (Phi) is 5.87. The van der Waals surface area contributed by atoms with Gasteiger partial charge in [-0.1, -0.05) is 19.1 Å². The van der Waals surface area contributed by atoms with E-state index in [2.05, 4.69) is 0 Å². The lowest BCUT2D eigenvalue weighted by atomic mass is 9.95. The highest BCUT2D eigenvalue weighted by Crippen LogP contribution is 2.40. The molecule has 1 N–H and O–H groups in total. The van der Waals surface area contributed by atoms with Crippen LogP contribution in [0.1, 0.15) is 30.5 Å². The number of halogens is 1. The Morgan fingerprint density at radius 3 is 2.31 bits per heavy atom. The molecule has 1 atom stereocenters. The Bertz CT molecular complexity index is 968. The first-order valence-electron chi connectivity index (χ1n) is 9.19. The van der Waals surface area contributed by atoms with Crippen LogP contribution >= 0.6 is 0 Å². The van der Waals surface area contributed by atoms with Gasteiger partial charge in [0, 0.05) is 12.1 Å². The number of hydrogen-bond acceptors (Lipinski definition) is 5. The number of methoxy groups -OCH3 is 2. The number of nitrogens with zero attached hydrogens (tertiary/aromatic N) is 1. The number of ether oxygens (including phenoxy) is 2. The van der Waals surface area contributed by atoms with Crippen molar-refractivity contribution in [2.75, 3.05) is 20.8 Å². The molecule has 2 aromatic rings. The van der Waals surface area contributed by atoms with Crippen LogP contribution in [0.5, 0.6) is 11.5 Å². The largest absolute Gasteiger partial charge is 0.507 e. The van der Waals surface area contributed by atoms with Gasteiger partial charge in [-0.25, -0.2) is 4.39 Å². The lowest BCUT2D eigenvalue weighted by Gasteiger charge is -2.24. The van der Waals surface area contributed by atoms with Crippen LogP contribution in [0.25, 0.3) is 5.76 Å². The van der Waals surface area contributed by atoms with Crippen LogP contribution in [0.4, 0.5) is 4.39 Å². The number of rotatable bonds is 6. The molecule has 2 aromatic carbocycles. The summed E-state index contributed by atoms with van der Waals surface area (Å²) < 4.78 is 23.9. The molecule has 1 unspecified atom stereocenters. The Hall–Kier alpha value is -3.35. The minimum absolute atomic E-state index is 0.0396. The van der Waals surface area contributed by atoms with Crippen molar-refractivity contribution in [2.45, 2.75) is 19.4 Å². The molecule has 0 radical (unpaired) electrons. The van der Waals surface area contributed by atoms with E-state index in [-0.39, 0.29) is 11.3 Å². The number of hydrogen-bond donors (Lipinski definition) is 1. The molecular weight excluding hydrogens is 377 g/mol. The van der Waals surface area contributed by atoms with Crippen molar-refractivity contribution in [3.63, 3.8) is 0 Å². The zero-order chi connectivity index (χ0) is 21.1. The van der Waals surface area contributed by atoms with Crippen LogP contribution in [0, 0.1) is 5.82 Å². The van der Waals surface area contributed by atoms with Crippen LogP contribution in [-0.2, 0) is 9.59 Å². The standard InChI is InChI=1S/C22H22FNO5/c1-4-11-24-19(13-5-8-15(23)9-6-13)18(21(26)22(24)27)20(25)14-7-10-16(28-2)17(12-14)29-3/h5-10,12,19,25H,4,11H2,1-3H3/b20-18-. The van der Waals surface area contributed by atoms with Crippen LogP contribution in [0.3, 0.4) is 0 Å². The minimum atomic E-state index is -0.802. The van der Waals surface area contributed by atoms with E-state index >= 15 is 0 Å². The Morgan fingerprint density at radius 2 is 1.72 bits per heavy atom. The smallest absolute Gasteiger partial charge is 0.295 e. The summed E-state index contributed by atoms with van der Waals surface area (Å²) >= 11 is 0. The summed E-state index contributed by atoms with van der Waals surface area (Å²) in [4.78, 5) is 26.8. The summed E-state index contributed by atoms with van der Waals surface area (Å²) in [7, 11) is 2.95. The highest BCUT2D eigenvalue weighted by atomic mass is 19.1. The third-order valence-electron chi connectivity index (χ3n) is 4.85. The molecule has 0 bridgehead atoms. The first-order chi connectivity index (χ1) is 13.9. The molecule has 7 heteroatoms. The van der Waals surface area contributed by atoms with Crippen LogP contribution in [-0.4, -0.2) is 42.5 Å². The van der Waals surface area contributed by atoms with Crippen LogP contribution in [0.2, 0.25) is 0 Å². The van der Waals surface area contributed by atoms with Crippen LogP contribution in [0.15, 0.2) is 48.0 Å². The number of benzene rings is 2. The number of aliphatic hydroxyl groups is 1. The first-order valence-corrected chi connectivity index (χ1v) is 9.19. The first kappa shape index (κ1) is 20.4. The molecule has 0 spiro atoms. The Labute approximate surface area is 168 Å². The van der Waals surface area contributed by atoms with E-state index in [1.54, 1.807) is 12.1 Å². The number of ketones is 1. The quantitative estimate of drug-likeness (QED) is 0.456. The third-order valence-corrected chi connectivity index (χ3v) is 4.85. The lowest BCUT2D eigenvalue weighted by molar-refractivity contribution is -0.139. The summed E-state index contributed by atoms with van der Waals surface area (Å²) in [5.41, 5.74) is 0.813. The van der Waals surface area contributed by atoms with Crippen molar-refractivity contribution in [3.8, 4) is 11.5 Å². The van der Waals surface area contributed by atoms with Gasteiger partial charge in [0.2, 0.25) is 0 Å². The van der Waals surface area contributed by atoms with Gasteiger partial charge in [-0.2, -0.15) is 0 Å². The van der Waals surface area contributed by atoms with Gasteiger partial charge in [-0.3, -0.25) is 9.59 Å². The van der Waals surface area contributed by atoms with Crippen LogP contribution < -0.4 is 9.47 Å². The molecule has 1 fully saturated rings. The van der Waals surface area contributed by atoms with Gasteiger partial charge in [-0.15, -0.1) is 0 Å². The lowest BCUT2D eigenvalue weighted by Crippen LogP contribution is -2.30. The van der Waals surface area contributed by atoms with Crippen molar-refractivity contribution in [3.05, 3.63) is 65.0 Å². The van der Waals surface area contributed by atoms with Crippen molar-refractivity contribution < 1.29 is 28.6 Å². The van der Waals surface area contributed by atoms with Gasteiger partial charge in [0.15, 0.2) is 11.5 Å². The molecule has 1 amide bonds. The normalized spacial score (nSPS) is 18.2. The maximum atomic E-state index is 13.4. The fourth-order valence-electron chi connectivity index (χ4n) is 3.48. The zero-order valence-electron chi connectivity index (χ0n) is 16.4. The van der Waals surface area contributed by atoms with E-state index in [1.807, 2.05) is 6.92 Å². The second-order valence-electron chi connectivity index (χ2n) is 6.61. The Morgan fingerprint density at radius 1 is 1.07 bits per heavy atom. The molecule has 1 heterocycles. The number of aliphatic hydroxyl groups excluding tert-OH is 1. The maximum Gasteiger partial charge on any atom is 0.295 e. The van der Waals surface area contributed by atoms with E-state index in [4.69, 9.17) is 9.47 Å². The summed E-state index contributed by atoms with van der Waals surface area (Å²) in [5, 5.41) is 11.0. The van der Waals surface area contributed by atoms with E-state index in [1.165, 1.54) is 49.5 Å². The number of likely N-dealkylation sites (tertiary alicyclic amines) is 1. The highest BCUT2D eigenvalue weighted by molar-refractivity contribution is 6.46. The minimum Gasteiger partial charge on any atom is -0.507 e. The second-order valence-corrected chi connectivity index (χ2v) is 6.61. The molecule has 0 aromatic heterocycles. The average Bonchev–Trinajstić information content (AvgIpc) is 2.98. The molecule has 1 aliphatic heterocycles. The fourth-order valence-corrected chi connectivity index (χ4v) is 3.48. The Balaban J connectivity index is 2.18. The van der Waals surface area contributed by atoms with E-state index < -0.39 is 23.5 Å². The zero-order valence-corrected chi connectivity index (χ0v) is 16.4.